The van der Waals surface area contributed by atoms with Gasteiger partial charge in [0.05, 0.1) is 12.7 Å². The lowest BCUT2D eigenvalue weighted by molar-refractivity contribution is -0.00484. The molecule has 0 saturated heterocycles. The molecule has 1 atom stereocenters. The SMILES string of the molecule is C=CCC(O)CCOC(c1ccccc1)(c1ccccc1)c1ccccc1. The van der Waals surface area contributed by atoms with E-state index < -0.39 is 11.7 Å². The number of aliphatic hydroxyl groups is 1. The van der Waals surface area contributed by atoms with Crippen LogP contribution in [0.2, 0.25) is 0 Å². The molecule has 1 N–H and O–H groups in total. The third kappa shape index (κ3) is 4.36. The Kier molecular flexibility index (Phi) is 6.59. The summed E-state index contributed by atoms with van der Waals surface area (Å²) < 4.78 is 6.61. The average Bonchev–Trinajstić information content (AvgIpc) is 2.73. The zero-order valence-corrected chi connectivity index (χ0v) is 15.5. The lowest BCUT2D eigenvalue weighted by Gasteiger charge is -2.36. The van der Waals surface area contributed by atoms with Crippen molar-refractivity contribution >= 4 is 0 Å². The molecule has 0 aliphatic heterocycles. The summed E-state index contributed by atoms with van der Waals surface area (Å²) in [5, 5.41) is 10.1. The van der Waals surface area contributed by atoms with Crippen LogP contribution in [0.5, 0.6) is 0 Å². The van der Waals surface area contributed by atoms with Crippen LogP contribution >= 0.6 is 0 Å². The molecule has 27 heavy (non-hydrogen) atoms. The Hall–Kier alpha value is -2.68. The molecule has 0 spiro atoms. The van der Waals surface area contributed by atoms with Crippen molar-refractivity contribution in [2.75, 3.05) is 6.61 Å². The molecule has 0 aromatic heterocycles. The van der Waals surface area contributed by atoms with Crippen LogP contribution in [0.25, 0.3) is 0 Å². The van der Waals surface area contributed by atoms with Gasteiger partial charge in [0.2, 0.25) is 0 Å². The number of ether oxygens (including phenoxy) is 1. The first kappa shape index (κ1) is 19.1. The van der Waals surface area contributed by atoms with Crippen molar-refractivity contribution in [1.29, 1.82) is 0 Å². The monoisotopic (exact) mass is 358 g/mol. The van der Waals surface area contributed by atoms with E-state index in [2.05, 4.69) is 43.0 Å². The van der Waals surface area contributed by atoms with Crippen molar-refractivity contribution in [2.24, 2.45) is 0 Å². The number of hydrogen-bond donors (Lipinski definition) is 1. The van der Waals surface area contributed by atoms with E-state index in [1.54, 1.807) is 6.08 Å². The highest BCUT2D eigenvalue weighted by Gasteiger charge is 2.37. The Morgan fingerprint density at radius 3 is 1.56 bits per heavy atom. The van der Waals surface area contributed by atoms with Crippen LogP contribution < -0.4 is 0 Å². The second-order valence-electron chi connectivity index (χ2n) is 6.59. The molecule has 0 bridgehead atoms. The fraction of sp³-hybridized carbons (Fsp3) is 0.200. The second kappa shape index (κ2) is 9.31. The van der Waals surface area contributed by atoms with Crippen molar-refractivity contribution in [3.05, 3.63) is 120 Å². The quantitative estimate of drug-likeness (QED) is 0.414. The standard InChI is InChI=1S/C25H26O2/c1-2-12-24(26)19-20-27-25(21-13-6-3-7-14-21,22-15-8-4-9-16-22)23-17-10-5-11-18-23/h2-11,13-18,24,26H,1,12,19-20H2. The molecule has 2 heteroatoms. The molecule has 3 rings (SSSR count). The van der Waals surface area contributed by atoms with E-state index in [9.17, 15) is 5.11 Å². The van der Waals surface area contributed by atoms with Crippen molar-refractivity contribution in [2.45, 2.75) is 24.5 Å². The zero-order chi connectivity index (χ0) is 19.0. The van der Waals surface area contributed by atoms with Crippen LogP contribution in [0.15, 0.2) is 104 Å². The molecule has 138 valence electrons. The van der Waals surface area contributed by atoms with E-state index in [0.29, 0.717) is 19.4 Å². The van der Waals surface area contributed by atoms with Crippen LogP contribution in [0, 0.1) is 0 Å². The van der Waals surface area contributed by atoms with Crippen LogP contribution in [0.1, 0.15) is 29.5 Å². The van der Waals surface area contributed by atoms with Gasteiger partial charge in [-0.1, -0.05) is 97.1 Å². The predicted octanol–water partition coefficient (Wildman–Crippen LogP) is 5.32. The molecule has 2 nitrogen and oxygen atoms in total. The summed E-state index contributed by atoms with van der Waals surface area (Å²) in [5.74, 6) is 0. The number of aliphatic hydroxyl groups excluding tert-OH is 1. The van der Waals surface area contributed by atoms with Gasteiger partial charge in [0, 0.05) is 0 Å². The van der Waals surface area contributed by atoms with E-state index in [-0.39, 0.29) is 0 Å². The van der Waals surface area contributed by atoms with Crippen molar-refractivity contribution < 1.29 is 9.84 Å². The first-order valence-electron chi connectivity index (χ1n) is 9.37. The molecular formula is C25H26O2. The molecule has 0 aliphatic carbocycles. The normalized spacial score (nSPS) is 12.5. The molecule has 0 heterocycles. The summed E-state index contributed by atoms with van der Waals surface area (Å²) in [6.07, 6.45) is 2.42. The predicted molar refractivity (Wildman–Crippen MR) is 111 cm³/mol. The summed E-state index contributed by atoms with van der Waals surface area (Å²) in [6, 6.07) is 30.8. The molecule has 0 fully saturated rings. The van der Waals surface area contributed by atoms with Gasteiger partial charge in [-0.05, 0) is 29.5 Å². The second-order valence-corrected chi connectivity index (χ2v) is 6.59. The molecule has 3 aromatic carbocycles. The zero-order valence-electron chi connectivity index (χ0n) is 15.5. The lowest BCUT2D eigenvalue weighted by atomic mass is 9.80. The molecule has 0 amide bonds. The first-order chi connectivity index (χ1) is 13.3. The smallest absolute Gasteiger partial charge is 0.143 e. The first-order valence-corrected chi connectivity index (χ1v) is 9.37. The number of benzene rings is 3. The Morgan fingerprint density at radius 2 is 1.19 bits per heavy atom. The molecular weight excluding hydrogens is 332 g/mol. The highest BCUT2D eigenvalue weighted by Crippen LogP contribution is 2.40. The Morgan fingerprint density at radius 1 is 0.778 bits per heavy atom. The van der Waals surface area contributed by atoms with Gasteiger partial charge in [0.25, 0.3) is 0 Å². The Balaban J connectivity index is 2.07. The van der Waals surface area contributed by atoms with E-state index in [1.807, 2.05) is 54.6 Å². The van der Waals surface area contributed by atoms with Gasteiger partial charge in [-0.2, -0.15) is 0 Å². The van der Waals surface area contributed by atoms with Crippen molar-refractivity contribution in [3.8, 4) is 0 Å². The van der Waals surface area contributed by atoms with Gasteiger partial charge in [-0.15, -0.1) is 6.58 Å². The van der Waals surface area contributed by atoms with E-state index in [0.717, 1.165) is 16.7 Å². The maximum Gasteiger partial charge on any atom is 0.143 e. The fourth-order valence-corrected chi connectivity index (χ4v) is 3.43. The largest absolute Gasteiger partial charge is 0.393 e. The van der Waals surface area contributed by atoms with E-state index in [1.165, 1.54) is 0 Å². The van der Waals surface area contributed by atoms with Crippen LogP contribution in [-0.4, -0.2) is 17.8 Å². The van der Waals surface area contributed by atoms with E-state index >= 15 is 0 Å². The Bertz CT molecular complexity index is 716. The summed E-state index contributed by atoms with van der Waals surface area (Å²) in [5.41, 5.74) is 2.49. The van der Waals surface area contributed by atoms with Crippen molar-refractivity contribution in [1.82, 2.24) is 0 Å². The topological polar surface area (TPSA) is 29.5 Å². The molecule has 3 aromatic rings. The summed E-state index contributed by atoms with van der Waals surface area (Å²) in [6.45, 7) is 4.14. The minimum atomic E-state index is -0.725. The van der Waals surface area contributed by atoms with Gasteiger partial charge in [-0.3, -0.25) is 0 Å². The molecule has 0 radical (unpaired) electrons. The van der Waals surface area contributed by atoms with Crippen LogP contribution in [0.3, 0.4) is 0 Å². The van der Waals surface area contributed by atoms with Crippen LogP contribution in [0.4, 0.5) is 0 Å². The van der Waals surface area contributed by atoms with Gasteiger partial charge in [0.1, 0.15) is 5.60 Å². The molecule has 1 unspecified atom stereocenters. The molecule has 0 aliphatic rings. The van der Waals surface area contributed by atoms with Crippen LogP contribution in [-0.2, 0) is 10.3 Å². The Labute approximate surface area is 161 Å². The summed E-state index contributed by atoms with van der Waals surface area (Å²) in [4.78, 5) is 0. The maximum absolute atomic E-state index is 10.1. The van der Waals surface area contributed by atoms with Crippen molar-refractivity contribution in [3.63, 3.8) is 0 Å². The fourth-order valence-electron chi connectivity index (χ4n) is 3.43. The van der Waals surface area contributed by atoms with Gasteiger partial charge >= 0.3 is 0 Å². The third-order valence-corrected chi connectivity index (χ3v) is 4.75. The van der Waals surface area contributed by atoms with Gasteiger partial charge in [-0.25, -0.2) is 0 Å². The number of rotatable bonds is 9. The highest BCUT2D eigenvalue weighted by molar-refractivity contribution is 5.47. The third-order valence-electron chi connectivity index (χ3n) is 4.75. The van der Waals surface area contributed by atoms with Gasteiger partial charge < -0.3 is 9.84 Å². The highest BCUT2D eigenvalue weighted by atomic mass is 16.5. The summed E-state index contributed by atoms with van der Waals surface area (Å²) >= 11 is 0. The minimum absolute atomic E-state index is 0.438. The summed E-state index contributed by atoms with van der Waals surface area (Å²) in [7, 11) is 0. The average molecular weight is 358 g/mol. The molecule has 0 saturated carbocycles. The van der Waals surface area contributed by atoms with E-state index in [4.69, 9.17) is 4.74 Å². The van der Waals surface area contributed by atoms with Gasteiger partial charge in [0.15, 0.2) is 0 Å². The maximum atomic E-state index is 10.1. The number of hydrogen-bond acceptors (Lipinski definition) is 2. The minimum Gasteiger partial charge on any atom is -0.393 e. The lowest BCUT2D eigenvalue weighted by Crippen LogP contribution is -2.34.